The van der Waals surface area contributed by atoms with Crippen molar-refractivity contribution in [3.05, 3.63) is 11.8 Å². The fourth-order valence-electron chi connectivity index (χ4n) is 2.45. The van der Waals surface area contributed by atoms with Crippen LogP contribution >= 0.6 is 11.8 Å². The summed E-state index contributed by atoms with van der Waals surface area (Å²) in [5.41, 5.74) is 0.943. The van der Waals surface area contributed by atoms with Gasteiger partial charge in [-0.25, -0.2) is 4.98 Å². The van der Waals surface area contributed by atoms with E-state index >= 15 is 0 Å². The van der Waals surface area contributed by atoms with Crippen LogP contribution in [-0.4, -0.2) is 34.1 Å². The number of nitrogens with zero attached hydrogens (tertiary/aromatic N) is 2. The number of hydrogen-bond acceptors (Lipinski definition) is 5. The number of aromatic nitrogens is 2. The SMILES string of the molecule is CCOc1cc(C)nc(NC2CCC(SC)CC2)n1. The van der Waals surface area contributed by atoms with Gasteiger partial charge in [0.2, 0.25) is 11.8 Å². The van der Waals surface area contributed by atoms with E-state index in [4.69, 9.17) is 4.74 Å². The smallest absolute Gasteiger partial charge is 0.226 e. The highest BCUT2D eigenvalue weighted by atomic mass is 32.2. The number of aryl methyl sites for hydroxylation is 1. The van der Waals surface area contributed by atoms with Crippen molar-refractivity contribution < 1.29 is 4.74 Å². The van der Waals surface area contributed by atoms with Crippen molar-refractivity contribution in [1.29, 1.82) is 0 Å². The minimum absolute atomic E-state index is 0.500. The molecule has 5 heteroatoms. The highest BCUT2D eigenvalue weighted by molar-refractivity contribution is 7.99. The number of thioether (sulfide) groups is 1. The Hall–Kier alpha value is -0.970. The first kappa shape index (κ1) is 14.4. The molecule has 106 valence electrons. The second-order valence-corrected chi connectivity index (χ2v) is 6.10. The van der Waals surface area contributed by atoms with Crippen LogP contribution in [-0.2, 0) is 0 Å². The average molecular weight is 281 g/mol. The lowest BCUT2D eigenvalue weighted by atomic mass is 9.95. The monoisotopic (exact) mass is 281 g/mol. The van der Waals surface area contributed by atoms with Crippen molar-refractivity contribution in [3.8, 4) is 5.88 Å². The van der Waals surface area contributed by atoms with E-state index in [1.165, 1.54) is 25.7 Å². The molecule has 0 bridgehead atoms. The maximum absolute atomic E-state index is 5.46. The van der Waals surface area contributed by atoms with Gasteiger partial charge in [0, 0.05) is 23.1 Å². The molecule has 0 saturated heterocycles. The highest BCUT2D eigenvalue weighted by Gasteiger charge is 2.21. The Morgan fingerprint density at radius 2 is 2.05 bits per heavy atom. The molecule has 1 saturated carbocycles. The fourth-order valence-corrected chi connectivity index (χ4v) is 3.20. The van der Waals surface area contributed by atoms with Crippen LogP contribution in [0.2, 0.25) is 0 Å². The molecule has 1 N–H and O–H groups in total. The number of hydrogen-bond donors (Lipinski definition) is 1. The van der Waals surface area contributed by atoms with E-state index in [1.54, 1.807) is 0 Å². The lowest BCUT2D eigenvalue weighted by Gasteiger charge is -2.28. The van der Waals surface area contributed by atoms with Gasteiger partial charge in [0.25, 0.3) is 0 Å². The molecule has 4 nitrogen and oxygen atoms in total. The number of nitrogens with one attached hydrogen (secondary N) is 1. The molecule has 1 aliphatic carbocycles. The van der Waals surface area contributed by atoms with Crippen LogP contribution in [0, 0.1) is 6.92 Å². The lowest BCUT2D eigenvalue weighted by Crippen LogP contribution is -2.28. The molecule has 1 aromatic rings. The lowest BCUT2D eigenvalue weighted by molar-refractivity contribution is 0.326. The Bertz CT molecular complexity index is 406. The van der Waals surface area contributed by atoms with Gasteiger partial charge < -0.3 is 10.1 Å². The van der Waals surface area contributed by atoms with Gasteiger partial charge in [-0.2, -0.15) is 16.7 Å². The molecule has 19 heavy (non-hydrogen) atoms. The van der Waals surface area contributed by atoms with Gasteiger partial charge in [0.15, 0.2) is 0 Å². The molecule has 0 aromatic carbocycles. The third-order valence-corrected chi connectivity index (χ3v) is 4.60. The predicted octanol–water partition coefficient (Wildman–Crippen LogP) is 3.27. The normalized spacial score (nSPS) is 23.1. The fraction of sp³-hybridized carbons (Fsp3) is 0.714. The average Bonchev–Trinajstić information content (AvgIpc) is 2.39. The van der Waals surface area contributed by atoms with Crippen molar-refractivity contribution in [1.82, 2.24) is 9.97 Å². The molecule has 1 aromatic heterocycles. The van der Waals surface area contributed by atoms with Gasteiger partial charge in [-0.15, -0.1) is 0 Å². The predicted molar refractivity (Wildman–Crippen MR) is 81.1 cm³/mol. The van der Waals surface area contributed by atoms with Crippen LogP contribution in [0.25, 0.3) is 0 Å². The zero-order chi connectivity index (χ0) is 13.7. The molecule has 1 heterocycles. The first-order valence-corrected chi connectivity index (χ1v) is 8.28. The van der Waals surface area contributed by atoms with E-state index in [0.717, 1.165) is 10.9 Å². The van der Waals surface area contributed by atoms with Gasteiger partial charge in [0.05, 0.1) is 6.61 Å². The van der Waals surface area contributed by atoms with E-state index in [1.807, 2.05) is 31.7 Å². The molecule has 0 unspecified atom stereocenters. The Morgan fingerprint density at radius 3 is 2.68 bits per heavy atom. The summed E-state index contributed by atoms with van der Waals surface area (Å²) >= 11 is 1.99. The van der Waals surface area contributed by atoms with E-state index < -0.39 is 0 Å². The summed E-state index contributed by atoms with van der Waals surface area (Å²) < 4.78 is 5.46. The molecular formula is C14H23N3OS. The second kappa shape index (κ2) is 6.98. The summed E-state index contributed by atoms with van der Waals surface area (Å²) in [7, 11) is 0. The van der Waals surface area contributed by atoms with Crippen LogP contribution in [0.4, 0.5) is 5.95 Å². The maximum atomic E-state index is 5.46. The molecule has 0 radical (unpaired) electrons. The van der Waals surface area contributed by atoms with Gasteiger partial charge >= 0.3 is 0 Å². The summed E-state index contributed by atoms with van der Waals surface area (Å²) in [4.78, 5) is 8.85. The zero-order valence-corrected chi connectivity index (χ0v) is 12.8. The summed E-state index contributed by atoms with van der Waals surface area (Å²) in [5.74, 6) is 1.37. The van der Waals surface area contributed by atoms with Gasteiger partial charge in [-0.3, -0.25) is 0 Å². The molecule has 1 fully saturated rings. The molecule has 2 rings (SSSR count). The largest absolute Gasteiger partial charge is 0.478 e. The summed E-state index contributed by atoms with van der Waals surface area (Å²) in [6.45, 7) is 4.57. The first-order chi connectivity index (χ1) is 9.21. The molecular weight excluding hydrogens is 258 g/mol. The van der Waals surface area contributed by atoms with E-state index in [2.05, 4.69) is 21.5 Å². The summed E-state index contributed by atoms with van der Waals surface area (Å²) in [6, 6.07) is 2.37. The van der Waals surface area contributed by atoms with Gasteiger partial charge in [0.1, 0.15) is 0 Å². The molecule has 1 aliphatic rings. The number of anilines is 1. The Labute approximate surface area is 119 Å². The van der Waals surface area contributed by atoms with Crippen molar-refractivity contribution in [2.45, 2.75) is 50.8 Å². The number of rotatable bonds is 5. The van der Waals surface area contributed by atoms with Crippen LogP contribution in [0.15, 0.2) is 6.07 Å². The quantitative estimate of drug-likeness (QED) is 0.897. The third-order valence-electron chi connectivity index (χ3n) is 3.46. The Balaban J connectivity index is 1.95. The topological polar surface area (TPSA) is 47.0 Å². The molecule has 0 aliphatic heterocycles. The van der Waals surface area contributed by atoms with Crippen molar-refractivity contribution >= 4 is 17.7 Å². The van der Waals surface area contributed by atoms with Crippen molar-refractivity contribution in [2.75, 3.05) is 18.2 Å². The van der Waals surface area contributed by atoms with Crippen molar-refractivity contribution in [2.24, 2.45) is 0 Å². The standard InChI is InChI=1S/C14H23N3OS/c1-4-18-13-9-10(2)15-14(17-13)16-11-5-7-12(19-3)8-6-11/h9,11-12H,4-8H2,1-3H3,(H,15,16,17). The molecule has 0 amide bonds. The van der Waals surface area contributed by atoms with Gasteiger partial charge in [-0.05, 0) is 45.8 Å². The summed E-state index contributed by atoms with van der Waals surface area (Å²) in [5, 5.41) is 4.28. The van der Waals surface area contributed by atoms with Crippen LogP contribution in [0.1, 0.15) is 38.3 Å². The number of ether oxygens (including phenoxy) is 1. The Morgan fingerprint density at radius 1 is 1.32 bits per heavy atom. The van der Waals surface area contributed by atoms with Gasteiger partial charge in [-0.1, -0.05) is 0 Å². The Kier molecular flexibility index (Phi) is 5.31. The highest BCUT2D eigenvalue weighted by Crippen LogP contribution is 2.28. The van der Waals surface area contributed by atoms with Crippen LogP contribution < -0.4 is 10.1 Å². The van der Waals surface area contributed by atoms with E-state index in [0.29, 0.717) is 24.5 Å². The third kappa shape index (κ3) is 4.27. The molecule has 0 atom stereocenters. The first-order valence-electron chi connectivity index (χ1n) is 6.99. The van der Waals surface area contributed by atoms with Crippen molar-refractivity contribution in [3.63, 3.8) is 0 Å². The summed E-state index contributed by atoms with van der Waals surface area (Å²) in [6.07, 6.45) is 7.17. The zero-order valence-electron chi connectivity index (χ0n) is 12.0. The van der Waals surface area contributed by atoms with E-state index in [9.17, 15) is 0 Å². The second-order valence-electron chi connectivity index (χ2n) is 4.96. The minimum Gasteiger partial charge on any atom is -0.478 e. The van der Waals surface area contributed by atoms with Crippen LogP contribution in [0.3, 0.4) is 0 Å². The molecule has 0 spiro atoms. The van der Waals surface area contributed by atoms with Crippen LogP contribution in [0.5, 0.6) is 5.88 Å². The maximum Gasteiger partial charge on any atom is 0.226 e. The van der Waals surface area contributed by atoms with E-state index in [-0.39, 0.29) is 0 Å². The minimum atomic E-state index is 0.500.